The van der Waals surface area contributed by atoms with Crippen LogP contribution in [0.1, 0.15) is 97.8 Å². The summed E-state index contributed by atoms with van der Waals surface area (Å²) in [6, 6.07) is 0. The van der Waals surface area contributed by atoms with Gasteiger partial charge in [-0.3, -0.25) is 0 Å². The fourth-order valence-electron chi connectivity index (χ4n) is 2.73. The number of unbranched alkanes of at least 4 members (excludes halogenated alkanes) is 8. The monoisotopic (exact) mass is 326 g/mol. The third-order valence-corrected chi connectivity index (χ3v) is 4.57. The highest BCUT2D eigenvalue weighted by atomic mass is 16.5. The molecule has 0 atom stereocenters. The Kier molecular flexibility index (Phi) is 14.2. The number of carbonyl (C=O) groups is 1. The zero-order valence-corrected chi connectivity index (χ0v) is 15.6. The number of hydrogen-bond donors (Lipinski definition) is 1. The summed E-state index contributed by atoms with van der Waals surface area (Å²) in [6.07, 6.45) is 17.9. The summed E-state index contributed by atoms with van der Waals surface area (Å²) in [5, 5.41) is 9.28. The molecule has 23 heavy (non-hydrogen) atoms. The lowest BCUT2D eigenvalue weighted by atomic mass is 9.97. The van der Waals surface area contributed by atoms with E-state index in [1.54, 1.807) is 0 Å². The van der Waals surface area contributed by atoms with Crippen molar-refractivity contribution in [3.8, 4) is 0 Å². The molecule has 0 aromatic carbocycles. The predicted octanol–water partition coefficient (Wildman–Crippen LogP) is 6.12. The predicted molar refractivity (Wildman–Crippen MR) is 97.9 cm³/mol. The van der Waals surface area contributed by atoms with Gasteiger partial charge < -0.3 is 9.84 Å². The Morgan fingerprint density at radius 2 is 1.39 bits per heavy atom. The molecule has 1 N–H and O–H groups in total. The summed E-state index contributed by atoms with van der Waals surface area (Å²) in [5.41, 5.74) is -0.975. The Morgan fingerprint density at radius 1 is 0.870 bits per heavy atom. The maximum absolute atomic E-state index is 11.3. The zero-order valence-electron chi connectivity index (χ0n) is 15.6. The fourth-order valence-corrected chi connectivity index (χ4v) is 2.73. The number of aliphatic carboxylic acids is 1. The van der Waals surface area contributed by atoms with Gasteiger partial charge in [-0.2, -0.15) is 0 Å². The molecule has 0 rings (SSSR count). The van der Waals surface area contributed by atoms with Crippen molar-refractivity contribution in [2.75, 3.05) is 6.61 Å². The van der Waals surface area contributed by atoms with E-state index in [1.807, 2.05) is 13.8 Å². The summed E-state index contributed by atoms with van der Waals surface area (Å²) in [7, 11) is 0. The van der Waals surface area contributed by atoms with Gasteiger partial charge in [-0.15, -0.1) is 0 Å². The van der Waals surface area contributed by atoms with E-state index in [2.05, 4.69) is 19.1 Å². The van der Waals surface area contributed by atoms with Crippen LogP contribution in [-0.4, -0.2) is 23.3 Å². The second kappa shape index (κ2) is 14.7. The molecule has 0 unspecified atom stereocenters. The number of rotatable bonds is 16. The third kappa shape index (κ3) is 10.5. The number of ether oxygens (including phenoxy) is 1. The number of carboxylic acid groups (broad SMARTS) is 1. The van der Waals surface area contributed by atoms with Gasteiger partial charge in [-0.25, -0.2) is 4.79 Å². The van der Waals surface area contributed by atoms with Crippen LogP contribution < -0.4 is 0 Å². The fraction of sp³-hybridized carbons (Fsp3) is 0.850. The summed E-state index contributed by atoms with van der Waals surface area (Å²) in [6.45, 7) is 6.56. The molecular formula is C20H38O3. The van der Waals surface area contributed by atoms with E-state index in [4.69, 9.17) is 4.74 Å². The molecular weight excluding hydrogens is 288 g/mol. The Morgan fingerprint density at radius 3 is 1.87 bits per heavy atom. The van der Waals surface area contributed by atoms with Gasteiger partial charge in [0, 0.05) is 6.61 Å². The third-order valence-electron chi connectivity index (χ3n) is 4.57. The van der Waals surface area contributed by atoms with E-state index < -0.39 is 11.6 Å². The second-order valence-corrected chi connectivity index (χ2v) is 6.38. The zero-order chi connectivity index (χ0) is 17.4. The molecule has 3 nitrogen and oxygen atoms in total. The smallest absolute Gasteiger partial charge is 0.335 e. The molecule has 0 spiro atoms. The van der Waals surface area contributed by atoms with Gasteiger partial charge in [0.25, 0.3) is 0 Å². The highest BCUT2D eigenvalue weighted by Gasteiger charge is 2.35. The van der Waals surface area contributed by atoms with Gasteiger partial charge in [0.15, 0.2) is 5.60 Å². The first-order chi connectivity index (χ1) is 11.1. The van der Waals surface area contributed by atoms with Crippen LogP contribution in [0.4, 0.5) is 0 Å². The van der Waals surface area contributed by atoms with Crippen LogP contribution in [0, 0.1) is 0 Å². The van der Waals surface area contributed by atoms with Crippen molar-refractivity contribution in [2.45, 2.75) is 103 Å². The first-order valence-corrected chi connectivity index (χ1v) is 9.65. The van der Waals surface area contributed by atoms with Crippen LogP contribution in [0.5, 0.6) is 0 Å². The standard InChI is InChI=1S/C20H38O3/c1-4-7-8-9-10-11-12-13-14-15-16-17-18-23-20(5-2,6-3)19(21)22/h12-13H,4-11,14-18H2,1-3H3,(H,21,22)/b13-12-. The lowest BCUT2D eigenvalue weighted by Gasteiger charge is -2.27. The maximum Gasteiger partial charge on any atom is 0.335 e. The van der Waals surface area contributed by atoms with Crippen LogP contribution in [0.2, 0.25) is 0 Å². The number of hydrogen-bond acceptors (Lipinski definition) is 2. The molecule has 0 aromatic rings. The molecule has 3 heteroatoms. The van der Waals surface area contributed by atoms with Crippen LogP contribution in [0.25, 0.3) is 0 Å². The van der Waals surface area contributed by atoms with Gasteiger partial charge in [-0.1, -0.05) is 65.0 Å². The van der Waals surface area contributed by atoms with E-state index in [1.165, 1.54) is 38.5 Å². The number of allylic oxidation sites excluding steroid dienone is 2. The minimum atomic E-state index is -0.975. The Hall–Kier alpha value is -0.830. The van der Waals surface area contributed by atoms with E-state index in [9.17, 15) is 9.90 Å². The molecule has 0 heterocycles. The summed E-state index contributed by atoms with van der Waals surface area (Å²) >= 11 is 0. The molecule has 0 amide bonds. The van der Waals surface area contributed by atoms with Crippen molar-refractivity contribution in [2.24, 2.45) is 0 Å². The van der Waals surface area contributed by atoms with Gasteiger partial charge in [0.2, 0.25) is 0 Å². The molecule has 0 aliphatic heterocycles. The van der Waals surface area contributed by atoms with Crippen LogP contribution >= 0.6 is 0 Å². The summed E-state index contributed by atoms with van der Waals surface area (Å²) in [5.74, 6) is -0.829. The quantitative estimate of drug-likeness (QED) is 0.274. The highest BCUT2D eigenvalue weighted by molar-refractivity contribution is 5.77. The van der Waals surface area contributed by atoms with Crippen LogP contribution in [0.3, 0.4) is 0 Å². The van der Waals surface area contributed by atoms with Gasteiger partial charge in [-0.05, 0) is 44.9 Å². The van der Waals surface area contributed by atoms with Crippen LogP contribution in [0.15, 0.2) is 12.2 Å². The second-order valence-electron chi connectivity index (χ2n) is 6.38. The first-order valence-electron chi connectivity index (χ1n) is 9.65. The maximum atomic E-state index is 11.3. The summed E-state index contributed by atoms with van der Waals surface area (Å²) in [4.78, 5) is 11.3. The molecule has 0 aliphatic carbocycles. The molecule has 136 valence electrons. The molecule has 0 aliphatic rings. The van der Waals surface area contributed by atoms with Gasteiger partial charge in [0.1, 0.15) is 0 Å². The van der Waals surface area contributed by atoms with E-state index in [0.29, 0.717) is 19.4 Å². The Balaban J connectivity index is 3.53. The van der Waals surface area contributed by atoms with E-state index in [-0.39, 0.29) is 0 Å². The largest absolute Gasteiger partial charge is 0.479 e. The molecule has 0 fully saturated rings. The molecule has 0 saturated carbocycles. The molecule has 0 aromatic heterocycles. The van der Waals surface area contributed by atoms with Crippen molar-refractivity contribution >= 4 is 5.97 Å². The summed E-state index contributed by atoms with van der Waals surface area (Å²) < 4.78 is 5.66. The Bertz CT molecular complexity index is 306. The molecule has 0 radical (unpaired) electrons. The van der Waals surface area contributed by atoms with E-state index in [0.717, 1.165) is 25.7 Å². The van der Waals surface area contributed by atoms with Gasteiger partial charge in [0.05, 0.1) is 0 Å². The van der Waals surface area contributed by atoms with Crippen molar-refractivity contribution in [1.29, 1.82) is 0 Å². The van der Waals surface area contributed by atoms with Crippen molar-refractivity contribution in [3.63, 3.8) is 0 Å². The first kappa shape index (κ1) is 22.2. The van der Waals surface area contributed by atoms with Crippen molar-refractivity contribution in [3.05, 3.63) is 12.2 Å². The highest BCUT2D eigenvalue weighted by Crippen LogP contribution is 2.21. The Labute approximate surface area is 143 Å². The van der Waals surface area contributed by atoms with Crippen LogP contribution in [-0.2, 0) is 9.53 Å². The van der Waals surface area contributed by atoms with Gasteiger partial charge >= 0.3 is 5.97 Å². The average Bonchev–Trinajstić information content (AvgIpc) is 2.55. The SMILES string of the molecule is CCCCCCC/C=C\CCCCCOC(CC)(CC)C(=O)O. The van der Waals surface area contributed by atoms with Crippen molar-refractivity contribution < 1.29 is 14.6 Å². The topological polar surface area (TPSA) is 46.5 Å². The minimum absolute atomic E-state index is 0.528. The normalized spacial score (nSPS) is 12.1. The number of carboxylic acids is 1. The lowest BCUT2D eigenvalue weighted by Crippen LogP contribution is -2.40. The molecule has 0 bridgehead atoms. The molecule has 0 saturated heterocycles. The average molecular weight is 327 g/mol. The lowest BCUT2D eigenvalue weighted by molar-refractivity contribution is -0.167. The van der Waals surface area contributed by atoms with Crippen molar-refractivity contribution in [1.82, 2.24) is 0 Å². The minimum Gasteiger partial charge on any atom is -0.479 e. The van der Waals surface area contributed by atoms with E-state index >= 15 is 0 Å².